The summed E-state index contributed by atoms with van der Waals surface area (Å²) in [6.07, 6.45) is 3.25. The lowest BCUT2D eigenvalue weighted by Gasteiger charge is -2.39. The van der Waals surface area contributed by atoms with Crippen molar-refractivity contribution in [3.05, 3.63) is 0 Å². The van der Waals surface area contributed by atoms with E-state index in [-0.39, 0.29) is 6.10 Å². The van der Waals surface area contributed by atoms with E-state index in [1.54, 1.807) is 0 Å². The van der Waals surface area contributed by atoms with E-state index in [1.165, 1.54) is 6.42 Å². The van der Waals surface area contributed by atoms with Crippen LogP contribution in [-0.2, 0) is 0 Å². The van der Waals surface area contributed by atoms with Gasteiger partial charge in [0, 0.05) is 0 Å². The molecular formula is C12H24O. The van der Waals surface area contributed by atoms with Crippen LogP contribution in [0.2, 0.25) is 0 Å². The van der Waals surface area contributed by atoms with E-state index in [1.807, 2.05) is 0 Å². The van der Waals surface area contributed by atoms with E-state index in [0.29, 0.717) is 0 Å². The van der Waals surface area contributed by atoms with Crippen LogP contribution in [0.3, 0.4) is 0 Å². The van der Waals surface area contributed by atoms with Crippen LogP contribution in [0.1, 0.15) is 47.0 Å². The summed E-state index contributed by atoms with van der Waals surface area (Å²) in [7, 11) is 0. The van der Waals surface area contributed by atoms with Gasteiger partial charge in [0.2, 0.25) is 0 Å². The van der Waals surface area contributed by atoms with Gasteiger partial charge in [0.25, 0.3) is 0 Å². The summed E-state index contributed by atoms with van der Waals surface area (Å²) in [6.45, 7) is 9.21. The van der Waals surface area contributed by atoms with Crippen LogP contribution in [0.5, 0.6) is 0 Å². The van der Waals surface area contributed by atoms with E-state index in [9.17, 15) is 5.11 Å². The van der Waals surface area contributed by atoms with Gasteiger partial charge < -0.3 is 5.11 Å². The van der Waals surface area contributed by atoms with Gasteiger partial charge in [-0.3, -0.25) is 0 Å². The highest BCUT2D eigenvalue weighted by Gasteiger charge is 2.32. The second-order valence-corrected chi connectivity index (χ2v) is 5.28. The number of aliphatic hydroxyl groups is 1. The van der Waals surface area contributed by atoms with Gasteiger partial charge in [-0.05, 0) is 42.9 Å². The Hall–Kier alpha value is -0.0400. The predicted octanol–water partition coefficient (Wildman–Crippen LogP) is 3.08. The van der Waals surface area contributed by atoms with E-state index >= 15 is 0 Å². The first-order valence-corrected chi connectivity index (χ1v) is 5.70. The van der Waals surface area contributed by atoms with Crippen LogP contribution in [0.15, 0.2) is 0 Å². The third-order valence-corrected chi connectivity index (χ3v) is 3.64. The average Bonchev–Trinajstić information content (AvgIpc) is 2.03. The molecule has 0 aromatic heterocycles. The smallest absolute Gasteiger partial charge is 0.0543 e. The molecule has 0 saturated heterocycles. The zero-order chi connectivity index (χ0) is 10.0. The summed E-state index contributed by atoms with van der Waals surface area (Å²) >= 11 is 0. The molecular weight excluding hydrogens is 160 g/mol. The first-order chi connectivity index (χ1) is 6.02. The van der Waals surface area contributed by atoms with Crippen molar-refractivity contribution in [2.45, 2.75) is 53.1 Å². The SMILES string of the molecule is CC(C)C1CC[C@H](O)CC1C(C)C. The summed E-state index contributed by atoms with van der Waals surface area (Å²) < 4.78 is 0. The number of hydrogen-bond donors (Lipinski definition) is 1. The van der Waals surface area contributed by atoms with Crippen LogP contribution in [0.25, 0.3) is 0 Å². The monoisotopic (exact) mass is 184 g/mol. The van der Waals surface area contributed by atoms with Crippen molar-refractivity contribution in [2.75, 3.05) is 0 Å². The fourth-order valence-electron chi connectivity index (χ4n) is 2.80. The molecule has 0 aliphatic heterocycles. The van der Waals surface area contributed by atoms with E-state index in [2.05, 4.69) is 27.7 Å². The molecule has 0 bridgehead atoms. The fraction of sp³-hybridized carbons (Fsp3) is 1.00. The van der Waals surface area contributed by atoms with Crippen molar-refractivity contribution in [3.63, 3.8) is 0 Å². The predicted molar refractivity (Wildman–Crippen MR) is 56.5 cm³/mol. The summed E-state index contributed by atoms with van der Waals surface area (Å²) in [6, 6.07) is 0. The van der Waals surface area contributed by atoms with Crippen molar-refractivity contribution in [3.8, 4) is 0 Å². The Kier molecular flexibility index (Phi) is 3.78. The summed E-state index contributed by atoms with van der Waals surface area (Å²) in [5, 5.41) is 9.63. The van der Waals surface area contributed by atoms with Gasteiger partial charge in [-0.15, -0.1) is 0 Å². The lowest BCUT2D eigenvalue weighted by Crippen LogP contribution is -2.33. The quantitative estimate of drug-likeness (QED) is 0.699. The summed E-state index contributed by atoms with van der Waals surface area (Å²) in [5.41, 5.74) is 0. The van der Waals surface area contributed by atoms with Crippen molar-refractivity contribution in [2.24, 2.45) is 23.7 Å². The minimum atomic E-state index is -0.0256. The number of rotatable bonds is 2. The highest BCUT2D eigenvalue weighted by atomic mass is 16.3. The van der Waals surface area contributed by atoms with E-state index in [4.69, 9.17) is 0 Å². The molecule has 78 valence electrons. The minimum absolute atomic E-state index is 0.0256. The lowest BCUT2D eigenvalue weighted by molar-refractivity contribution is 0.0324. The highest BCUT2D eigenvalue weighted by molar-refractivity contribution is 4.83. The molecule has 1 heteroatoms. The molecule has 1 N–H and O–H groups in total. The molecule has 0 spiro atoms. The van der Waals surface area contributed by atoms with Crippen LogP contribution in [0, 0.1) is 23.7 Å². The number of hydrogen-bond acceptors (Lipinski definition) is 1. The molecule has 0 amide bonds. The maximum absolute atomic E-state index is 9.63. The Morgan fingerprint density at radius 2 is 1.46 bits per heavy atom. The molecule has 0 aromatic carbocycles. The van der Waals surface area contributed by atoms with E-state index in [0.717, 1.165) is 36.5 Å². The van der Waals surface area contributed by atoms with Crippen LogP contribution < -0.4 is 0 Å². The van der Waals surface area contributed by atoms with Crippen LogP contribution >= 0.6 is 0 Å². The first kappa shape index (κ1) is 11.0. The topological polar surface area (TPSA) is 20.2 Å². The molecule has 3 atom stereocenters. The first-order valence-electron chi connectivity index (χ1n) is 5.70. The second-order valence-electron chi connectivity index (χ2n) is 5.28. The largest absolute Gasteiger partial charge is 0.393 e. The molecule has 1 fully saturated rings. The summed E-state index contributed by atoms with van der Waals surface area (Å²) in [5.74, 6) is 3.08. The van der Waals surface area contributed by atoms with Gasteiger partial charge in [-0.2, -0.15) is 0 Å². The standard InChI is InChI=1S/C12H24O/c1-8(2)11-6-5-10(13)7-12(11)9(3)4/h8-13H,5-7H2,1-4H3/t10-,11?,12?/m0/s1. The van der Waals surface area contributed by atoms with Gasteiger partial charge in [0.1, 0.15) is 0 Å². The molecule has 0 radical (unpaired) electrons. The zero-order valence-corrected chi connectivity index (χ0v) is 9.46. The fourth-order valence-corrected chi connectivity index (χ4v) is 2.80. The van der Waals surface area contributed by atoms with Crippen molar-refractivity contribution in [1.82, 2.24) is 0 Å². The van der Waals surface area contributed by atoms with Crippen molar-refractivity contribution in [1.29, 1.82) is 0 Å². The van der Waals surface area contributed by atoms with Gasteiger partial charge in [0.05, 0.1) is 6.10 Å². The second kappa shape index (κ2) is 4.45. The lowest BCUT2D eigenvalue weighted by atomic mass is 9.68. The van der Waals surface area contributed by atoms with Gasteiger partial charge in [-0.1, -0.05) is 27.7 Å². The van der Waals surface area contributed by atoms with E-state index < -0.39 is 0 Å². The maximum atomic E-state index is 9.63. The minimum Gasteiger partial charge on any atom is -0.393 e. The molecule has 1 nitrogen and oxygen atoms in total. The number of aliphatic hydroxyl groups excluding tert-OH is 1. The van der Waals surface area contributed by atoms with Crippen LogP contribution in [-0.4, -0.2) is 11.2 Å². The Morgan fingerprint density at radius 1 is 0.923 bits per heavy atom. The van der Waals surface area contributed by atoms with Gasteiger partial charge in [-0.25, -0.2) is 0 Å². The van der Waals surface area contributed by atoms with Gasteiger partial charge >= 0.3 is 0 Å². The molecule has 1 rings (SSSR count). The molecule has 13 heavy (non-hydrogen) atoms. The molecule has 1 saturated carbocycles. The van der Waals surface area contributed by atoms with Crippen molar-refractivity contribution >= 4 is 0 Å². The zero-order valence-electron chi connectivity index (χ0n) is 9.46. The Morgan fingerprint density at radius 3 is 1.92 bits per heavy atom. The Bertz CT molecular complexity index is 151. The van der Waals surface area contributed by atoms with Crippen LogP contribution in [0.4, 0.5) is 0 Å². The average molecular weight is 184 g/mol. The molecule has 2 unspecified atom stereocenters. The Balaban J connectivity index is 2.60. The molecule has 0 aromatic rings. The maximum Gasteiger partial charge on any atom is 0.0543 e. The third-order valence-electron chi connectivity index (χ3n) is 3.64. The molecule has 0 heterocycles. The van der Waals surface area contributed by atoms with Gasteiger partial charge in [0.15, 0.2) is 0 Å². The summed E-state index contributed by atoms with van der Waals surface area (Å²) in [4.78, 5) is 0. The highest BCUT2D eigenvalue weighted by Crippen LogP contribution is 2.39. The third kappa shape index (κ3) is 2.70. The van der Waals surface area contributed by atoms with Crippen molar-refractivity contribution < 1.29 is 5.11 Å². The normalized spacial score (nSPS) is 35.8. The Labute approximate surface area is 82.5 Å². The molecule has 1 aliphatic rings. The molecule has 1 aliphatic carbocycles.